The van der Waals surface area contributed by atoms with E-state index < -0.39 is 0 Å². The zero-order chi connectivity index (χ0) is 17.3. The number of hydrogen-bond acceptors (Lipinski definition) is 4. The minimum Gasteiger partial charge on any atom is -0.380 e. The number of hydrogen-bond donors (Lipinski definition) is 2. The maximum atomic E-state index is 12.4. The minimum absolute atomic E-state index is 0.00441. The van der Waals surface area contributed by atoms with Crippen LogP contribution in [0.25, 0.3) is 0 Å². The van der Waals surface area contributed by atoms with Crippen molar-refractivity contribution in [2.24, 2.45) is 18.9 Å². The molecule has 2 fully saturated rings. The SMILES string of the molecule is COC1CC2NC(=O)C(CNc3cccn(C)c3=O)CC2CC1Cl. The molecular weight excluding hydrogens is 330 g/mol. The number of piperidine rings is 1. The average molecular weight is 354 g/mol. The van der Waals surface area contributed by atoms with Gasteiger partial charge in [0, 0.05) is 32.9 Å². The van der Waals surface area contributed by atoms with Crippen LogP contribution in [-0.4, -0.2) is 41.7 Å². The van der Waals surface area contributed by atoms with Gasteiger partial charge in [-0.3, -0.25) is 9.59 Å². The van der Waals surface area contributed by atoms with E-state index in [0.717, 1.165) is 19.3 Å². The highest BCUT2D eigenvalue weighted by molar-refractivity contribution is 6.21. The van der Waals surface area contributed by atoms with Crippen LogP contribution < -0.4 is 16.2 Å². The molecule has 0 spiro atoms. The molecule has 2 aliphatic rings. The molecule has 1 aromatic heterocycles. The van der Waals surface area contributed by atoms with E-state index in [9.17, 15) is 9.59 Å². The first-order valence-electron chi connectivity index (χ1n) is 8.36. The van der Waals surface area contributed by atoms with E-state index in [4.69, 9.17) is 16.3 Å². The fraction of sp³-hybridized carbons (Fsp3) is 0.647. The van der Waals surface area contributed by atoms with Crippen LogP contribution in [0.4, 0.5) is 5.69 Å². The lowest BCUT2D eigenvalue weighted by Gasteiger charge is -2.43. The zero-order valence-corrected chi connectivity index (χ0v) is 14.8. The Labute approximate surface area is 146 Å². The van der Waals surface area contributed by atoms with Gasteiger partial charge in [0.05, 0.1) is 17.4 Å². The highest BCUT2D eigenvalue weighted by Gasteiger charge is 2.42. The van der Waals surface area contributed by atoms with Crippen molar-refractivity contribution >= 4 is 23.2 Å². The predicted molar refractivity (Wildman–Crippen MR) is 93.4 cm³/mol. The summed E-state index contributed by atoms with van der Waals surface area (Å²) in [7, 11) is 3.37. The van der Waals surface area contributed by atoms with Gasteiger partial charge in [-0.2, -0.15) is 0 Å². The molecule has 5 atom stereocenters. The summed E-state index contributed by atoms with van der Waals surface area (Å²) < 4.78 is 6.93. The second-order valence-corrected chi connectivity index (χ2v) is 7.35. The summed E-state index contributed by atoms with van der Waals surface area (Å²) in [6.45, 7) is 0.453. The van der Waals surface area contributed by atoms with Gasteiger partial charge in [0.2, 0.25) is 5.91 Å². The Morgan fingerprint density at radius 3 is 2.92 bits per heavy atom. The third kappa shape index (κ3) is 3.44. The van der Waals surface area contributed by atoms with Gasteiger partial charge in [0.15, 0.2) is 0 Å². The highest BCUT2D eigenvalue weighted by atomic mass is 35.5. The number of amides is 1. The Morgan fingerprint density at radius 2 is 2.17 bits per heavy atom. The molecule has 3 rings (SSSR count). The van der Waals surface area contributed by atoms with Crippen molar-refractivity contribution in [2.75, 3.05) is 19.0 Å². The first kappa shape index (κ1) is 17.3. The number of carbonyl (C=O) groups is 1. The van der Waals surface area contributed by atoms with Gasteiger partial charge >= 0.3 is 0 Å². The normalized spacial score (nSPS) is 32.8. The number of carbonyl (C=O) groups excluding carboxylic acids is 1. The molecule has 2 N–H and O–H groups in total. The van der Waals surface area contributed by atoms with Gasteiger partial charge in [-0.25, -0.2) is 0 Å². The van der Waals surface area contributed by atoms with E-state index >= 15 is 0 Å². The average Bonchev–Trinajstić information content (AvgIpc) is 2.56. The molecular formula is C17H24ClN3O3. The number of fused-ring (bicyclic) bond motifs is 1. The minimum atomic E-state index is -0.154. The number of aromatic nitrogens is 1. The summed E-state index contributed by atoms with van der Waals surface area (Å²) in [6.07, 6.45) is 4.10. The maximum absolute atomic E-state index is 12.4. The highest BCUT2D eigenvalue weighted by Crippen LogP contribution is 2.36. The van der Waals surface area contributed by atoms with Crippen LogP contribution in [0.2, 0.25) is 0 Å². The standard InChI is InChI=1S/C17H24ClN3O3/c1-21-5-3-4-13(17(21)23)19-9-11-6-10-7-12(18)15(24-2)8-14(10)20-16(11)22/h3-5,10-12,14-15,19H,6-9H2,1-2H3,(H,20,22). The second kappa shape index (κ2) is 7.15. The van der Waals surface area contributed by atoms with E-state index in [1.165, 1.54) is 4.57 Å². The number of rotatable bonds is 4. The summed E-state index contributed by atoms with van der Waals surface area (Å²) >= 11 is 6.40. The summed E-state index contributed by atoms with van der Waals surface area (Å²) in [5.74, 6) is 0.250. The lowest BCUT2D eigenvalue weighted by atomic mass is 9.74. The molecule has 0 bridgehead atoms. The van der Waals surface area contributed by atoms with Crippen molar-refractivity contribution in [2.45, 2.75) is 36.8 Å². The van der Waals surface area contributed by atoms with Crippen LogP contribution in [0.1, 0.15) is 19.3 Å². The Kier molecular flexibility index (Phi) is 5.15. The number of methoxy groups -OCH3 is 1. The van der Waals surface area contributed by atoms with E-state index in [0.29, 0.717) is 18.2 Å². The number of pyridine rings is 1. The number of alkyl halides is 1. The number of aryl methyl sites for hydroxylation is 1. The molecule has 6 nitrogen and oxygen atoms in total. The molecule has 1 aromatic rings. The smallest absolute Gasteiger partial charge is 0.273 e. The van der Waals surface area contributed by atoms with Gasteiger partial charge in [-0.1, -0.05) is 0 Å². The number of nitrogens with one attached hydrogen (secondary N) is 2. The largest absolute Gasteiger partial charge is 0.380 e. The van der Waals surface area contributed by atoms with Crippen LogP contribution in [0.3, 0.4) is 0 Å². The fourth-order valence-electron chi connectivity index (χ4n) is 3.79. The zero-order valence-electron chi connectivity index (χ0n) is 14.0. The molecule has 2 heterocycles. The Hall–Kier alpha value is -1.53. The van der Waals surface area contributed by atoms with Gasteiger partial charge in [-0.05, 0) is 37.3 Å². The number of anilines is 1. The van der Waals surface area contributed by atoms with Crippen LogP contribution in [0.15, 0.2) is 23.1 Å². The van der Waals surface area contributed by atoms with E-state index in [2.05, 4.69) is 10.6 Å². The molecule has 1 amide bonds. The van der Waals surface area contributed by atoms with E-state index in [-0.39, 0.29) is 34.9 Å². The molecule has 1 aliphatic heterocycles. The van der Waals surface area contributed by atoms with Crippen molar-refractivity contribution in [3.63, 3.8) is 0 Å². The summed E-state index contributed by atoms with van der Waals surface area (Å²) in [5.41, 5.74) is 0.432. The number of nitrogens with zero attached hydrogens (tertiary/aromatic N) is 1. The number of ether oxygens (including phenoxy) is 1. The van der Waals surface area contributed by atoms with Gasteiger partial charge in [-0.15, -0.1) is 11.6 Å². The van der Waals surface area contributed by atoms with Crippen molar-refractivity contribution in [1.82, 2.24) is 9.88 Å². The molecule has 7 heteroatoms. The molecule has 24 heavy (non-hydrogen) atoms. The molecule has 1 saturated heterocycles. The molecule has 0 aromatic carbocycles. The second-order valence-electron chi connectivity index (χ2n) is 6.79. The van der Waals surface area contributed by atoms with Gasteiger partial charge < -0.3 is 19.9 Å². The van der Waals surface area contributed by atoms with Crippen LogP contribution in [0.5, 0.6) is 0 Å². The first-order valence-corrected chi connectivity index (χ1v) is 8.80. The lowest BCUT2D eigenvalue weighted by Crippen LogP contribution is -2.56. The topological polar surface area (TPSA) is 72.4 Å². The van der Waals surface area contributed by atoms with Crippen LogP contribution in [0, 0.1) is 11.8 Å². The third-order valence-corrected chi connectivity index (χ3v) is 5.70. The van der Waals surface area contributed by atoms with E-state index in [1.807, 2.05) is 6.07 Å². The van der Waals surface area contributed by atoms with Crippen molar-refractivity contribution in [1.29, 1.82) is 0 Å². The molecule has 132 valence electrons. The van der Waals surface area contributed by atoms with Crippen LogP contribution in [-0.2, 0) is 16.6 Å². The predicted octanol–water partition coefficient (Wildman–Crippen LogP) is 1.33. The van der Waals surface area contributed by atoms with E-state index in [1.54, 1.807) is 26.4 Å². The summed E-state index contributed by atoms with van der Waals surface area (Å²) in [6, 6.07) is 3.69. The quantitative estimate of drug-likeness (QED) is 0.801. The number of halogens is 1. The Balaban J connectivity index is 1.63. The molecule has 0 radical (unpaired) electrons. The van der Waals surface area contributed by atoms with Crippen molar-refractivity contribution in [3.05, 3.63) is 28.7 Å². The van der Waals surface area contributed by atoms with Gasteiger partial charge in [0.1, 0.15) is 5.69 Å². The fourth-order valence-corrected chi connectivity index (χ4v) is 4.23. The molecule has 5 unspecified atom stereocenters. The summed E-state index contributed by atoms with van der Waals surface area (Å²) in [4.78, 5) is 24.4. The third-order valence-electron chi connectivity index (χ3n) is 5.24. The monoisotopic (exact) mass is 353 g/mol. The van der Waals surface area contributed by atoms with Gasteiger partial charge in [0.25, 0.3) is 5.56 Å². The first-order chi connectivity index (χ1) is 11.5. The van der Waals surface area contributed by atoms with Crippen molar-refractivity contribution < 1.29 is 9.53 Å². The van der Waals surface area contributed by atoms with Crippen molar-refractivity contribution in [3.8, 4) is 0 Å². The Bertz CT molecular complexity index is 663. The summed E-state index contributed by atoms with van der Waals surface area (Å²) in [5, 5.41) is 6.23. The maximum Gasteiger partial charge on any atom is 0.273 e. The Morgan fingerprint density at radius 1 is 1.38 bits per heavy atom. The molecule has 1 saturated carbocycles. The molecule has 1 aliphatic carbocycles. The lowest BCUT2D eigenvalue weighted by molar-refractivity contribution is -0.130. The van der Waals surface area contributed by atoms with Crippen LogP contribution >= 0.6 is 11.6 Å².